The third kappa shape index (κ3) is 3.99. The van der Waals surface area contributed by atoms with Gasteiger partial charge < -0.3 is 10.2 Å². The zero-order valence-electron chi connectivity index (χ0n) is 15.1. The molecule has 3 nitrogen and oxygen atoms in total. The molecule has 2 aromatic rings. The molecule has 0 amide bonds. The van der Waals surface area contributed by atoms with Gasteiger partial charge in [-0.2, -0.15) is 0 Å². The number of unbranched alkanes of at least 4 members (excludes halogenated alkanes) is 3. The lowest BCUT2D eigenvalue weighted by atomic mass is 10.0. The molecule has 0 heterocycles. The van der Waals surface area contributed by atoms with Crippen LogP contribution in [-0.2, 0) is 4.84 Å². The highest BCUT2D eigenvalue weighted by atomic mass is 16.6. The number of hydrogen-bond donors (Lipinski definition) is 1. The van der Waals surface area contributed by atoms with E-state index in [1.165, 1.54) is 36.0 Å². The molecule has 2 aromatic carbocycles. The summed E-state index contributed by atoms with van der Waals surface area (Å²) in [6, 6.07) is 15.0. The zero-order valence-corrected chi connectivity index (χ0v) is 15.1. The van der Waals surface area contributed by atoms with Crippen LogP contribution >= 0.6 is 0 Å². The number of fused-ring (bicyclic) bond motifs is 3. The largest absolute Gasteiger partial charge is 0.399 e. The van der Waals surface area contributed by atoms with Gasteiger partial charge >= 0.3 is 0 Å². The molecule has 0 atom stereocenters. The molecule has 1 N–H and O–H groups in total. The van der Waals surface area contributed by atoms with E-state index in [0.29, 0.717) is 0 Å². The van der Waals surface area contributed by atoms with E-state index < -0.39 is 0 Å². The standard InChI is InChI=1S/C22H26N2O/c1-23-15-9-5-3-4-6-10-17-13-14-19-18-11-7-8-12-20(18)22(24-25-2)21(19)16-17/h6-8,10-14,16,23H,3-5,9,15H2,1-2H3/b10-6+,24-22+. The number of oxime groups is 1. The van der Waals surface area contributed by atoms with Crippen molar-refractivity contribution in [3.63, 3.8) is 0 Å². The van der Waals surface area contributed by atoms with Crippen LogP contribution < -0.4 is 5.32 Å². The Morgan fingerprint density at radius 2 is 1.76 bits per heavy atom. The SMILES string of the molecule is CNCCCCC/C=C/c1ccc2c(c1)/C(=N/OC)c1ccccc1-2. The highest BCUT2D eigenvalue weighted by Gasteiger charge is 2.25. The number of nitrogens with zero attached hydrogens (tertiary/aromatic N) is 1. The first kappa shape index (κ1) is 17.4. The molecule has 0 aliphatic heterocycles. The number of rotatable bonds is 8. The molecule has 0 fully saturated rings. The summed E-state index contributed by atoms with van der Waals surface area (Å²) in [5, 5.41) is 7.46. The van der Waals surface area contributed by atoms with E-state index in [-0.39, 0.29) is 0 Å². The van der Waals surface area contributed by atoms with Crippen molar-refractivity contribution in [1.82, 2.24) is 5.32 Å². The first-order valence-corrected chi connectivity index (χ1v) is 9.01. The third-order valence-corrected chi connectivity index (χ3v) is 4.56. The normalized spacial score (nSPS) is 14.1. The van der Waals surface area contributed by atoms with E-state index in [0.717, 1.165) is 29.8 Å². The monoisotopic (exact) mass is 334 g/mol. The molecule has 0 unspecified atom stereocenters. The molecule has 0 spiro atoms. The molecular formula is C22H26N2O. The molecule has 3 rings (SSSR count). The molecule has 0 aromatic heterocycles. The Morgan fingerprint density at radius 1 is 0.960 bits per heavy atom. The lowest BCUT2D eigenvalue weighted by Gasteiger charge is -2.03. The van der Waals surface area contributed by atoms with Crippen LogP contribution in [0.1, 0.15) is 42.4 Å². The van der Waals surface area contributed by atoms with E-state index in [1.807, 2.05) is 13.1 Å². The minimum atomic E-state index is 0.926. The van der Waals surface area contributed by atoms with Gasteiger partial charge in [0, 0.05) is 11.1 Å². The third-order valence-electron chi connectivity index (χ3n) is 4.56. The topological polar surface area (TPSA) is 33.6 Å². The highest BCUT2D eigenvalue weighted by Crippen LogP contribution is 2.37. The van der Waals surface area contributed by atoms with Gasteiger partial charge in [-0.05, 0) is 55.6 Å². The zero-order chi connectivity index (χ0) is 17.5. The molecule has 0 radical (unpaired) electrons. The van der Waals surface area contributed by atoms with Crippen LogP contribution in [0.25, 0.3) is 17.2 Å². The van der Waals surface area contributed by atoms with Gasteiger partial charge in [-0.1, -0.05) is 60.1 Å². The fourth-order valence-corrected chi connectivity index (χ4v) is 3.32. The van der Waals surface area contributed by atoms with Crippen molar-refractivity contribution >= 4 is 11.8 Å². The van der Waals surface area contributed by atoms with Crippen LogP contribution in [0.3, 0.4) is 0 Å². The summed E-state index contributed by atoms with van der Waals surface area (Å²) < 4.78 is 0. The quantitative estimate of drug-likeness (QED) is 0.471. The van der Waals surface area contributed by atoms with Crippen LogP contribution in [0.15, 0.2) is 53.7 Å². The van der Waals surface area contributed by atoms with Gasteiger partial charge in [0.05, 0.1) is 0 Å². The Bertz CT molecular complexity index is 777. The number of nitrogens with one attached hydrogen (secondary N) is 1. The number of benzene rings is 2. The first-order chi connectivity index (χ1) is 12.3. The first-order valence-electron chi connectivity index (χ1n) is 9.01. The van der Waals surface area contributed by atoms with Crippen molar-refractivity contribution in [3.8, 4) is 11.1 Å². The van der Waals surface area contributed by atoms with E-state index in [1.54, 1.807) is 7.11 Å². The maximum absolute atomic E-state index is 5.09. The Morgan fingerprint density at radius 3 is 2.56 bits per heavy atom. The Labute approximate surface area is 150 Å². The Balaban J connectivity index is 1.73. The molecule has 0 saturated carbocycles. The second-order valence-corrected chi connectivity index (χ2v) is 6.33. The maximum atomic E-state index is 5.09. The van der Waals surface area contributed by atoms with E-state index in [9.17, 15) is 0 Å². The molecule has 25 heavy (non-hydrogen) atoms. The van der Waals surface area contributed by atoms with Gasteiger partial charge in [-0.25, -0.2) is 0 Å². The van der Waals surface area contributed by atoms with Gasteiger partial charge in [0.15, 0.2) is 0 Å². The Kier molecular flexibility index (Phi) is 6.02. The van der Waals surface area contributed by atoms with Crippen LogP contribution in [0.4, 0.5) is 0 Å². The maximum Gasteiger partial charge on any atom is 0.118 e. The lowest BCUT2D eigenvalue weighted by Crippen LogP contribution is -2.06. The summed E-state index contributed by atoms with van der Waals surface area (Å²) >= 11 is 0. The van der Waals surface area contributed by atoms with E-state index in [4.69, 9.17) is 4.84 Å². The second-order valence-electron chi connectivity index (χ2n) is 6.33. The number of hydrogen-bond acceptors (Lipinski definition) is 3. The van der Waals surface area contributed by atoms with Gasteiger partial charge in [0.2, 0.25) is 0 Å². The van der Waals surface area contributed by atoms with Crippen molar-refractivity contribution in [2.24, 2.45) is 5.16 Å². The van der Waals surface area contributed by atoms with E-state index >= 15 is 0 Å². The molecule has 1 aliphatic carbocycles. The number of allylic oxidation sites excluding steroid dienone is 1. The molecule has 3 heteroatoms. The molecule has 0 bridgehead atoms. The summed E-state index contributed by atoms with van der Waals surface area (Å²) in [7, 11) is 3.61. The molecule has 1 aliphatic rings. The lowest BCUT2D eigenvalue weighted by molar-refractivity contribution is 0.214. The minimum Gasteiger partial charge on any atom is -0.399 e. The van der Waals surface area contributed by atoms with Crippen LogP contribution in [0, 0.1) is 0 Å². The molecular weight excluding hydrogens is 308 g/mol. The molecule has 130 valence electrons. The molecule has 0 saturated heterocycles. The average Bonchev–Trinajstić information content (AvgIpc) is 2.95. The van der Waals surface area contributed by atoms with Crippen molar-refractivity contribution in [1.29, 1.82) is 0 Å². The summed E-state index contributed by atoms with van der Waals surface area (Å²) in [4.78, 5) is 5.09. The summed E-state index contributed by atoms with van der Waals surface area (Å²) in [6.07, 6.45) is 9.38. The van der Waals surface area contributed by atoms with Gasteiger partial charge in [0.1, 0.15) is 12.8 Å². The van der Waals surface area contributed by atoms with Crippen LogP contribution in [0.2, 0.25) is 0 Å². The van der Waals surface area contributed by atoms with Crippen molar-refractivity contribution in [2.75, 3.05) is 20.7 Å². The highest BCUT2D eigenvalue weighted by molar-refractivity contribution is 6.24. The predicted molar refractivity (Wildman–Crippen MR) is 106 cm³/mol. The van der Waals surface area contributed by atoms with Crippen molar-refractivity contribution in [3.05, 3.63) is 65.2 Å². The smallest absolute Gasteiger partial charge is 0.118 e. The summed E-state index contributed by atoms with van der Waals surface area (Å²) in [6.45, 7) is 1.11. The van der Waals surface area contributed by atoms with Crippen molar-refractivity contribution in [2.45, 2.75) is 25.7 Å². The van der Waals surface area contributed by atoms with Crippen LogP contribution in [0.5, 0.6) is 0 Å². The van der Waals surface area contributed by atoms with Gasteiger partial charge in [-0.15, -0.1) is 0 Å². The minimum absolute atomic E-state index is 0.926. The van der Waals surface area contributed by atoms with Crippen molar-refractivity contribution < 1.29 is 4.84 Å². The summed E-state index contributed by atoms with van der Waals surface area (Å²) in [5.41, 5.74) is 6.90. The summed E-state index contributed by atoms with van der Waals surface area (Å²) in [5.74, 6) is 0. The average molecular weight is 334 g/mol. The fourth-order valence-electron chi connectivity index (χ4n) is 3.32. The van der Waals surface area contributed by atoms with Gasteiger partial charge in [-0.3, -0.25) is 0 Å². The van der Waals surface area contributed by atoms with Crippen LogP contribution in [-0.4, -0.2) is 26.4 Å². The van der Waals surface area contributed by atoms with E-state index in [2.05, 4.69) is 59.0 Å². The second kappa shape index (κ2) is 8.63. The van der Waals surface area contributed by atoms with Gasteiger partial charge in [0.25, 0.3) is 0 Å². The fraction of sp³-hybridized carbons (Fsp3) is 0.318. The Hall–Kier alpha value is -2.39. The predicted octanol–water partition coefficient (Wildman–Crippen LogP) is 4.86.